The molecule has 4 heterocycles. The van der Waals surface area contributed by atoms with Crippen molar-refractivity contribution in [2.24, 2.45) is 0 Å². The van der Waals surface area contributed by atoms with Crippen molar-refractivity contribution in [1.82, 2.24) is 9.80 Å². The van der Waals surface area contributed by atoms with Crippen LogP contribution in [0.4, 0.5) is 11.4 Å². The van der Waals surface area contributed by atoms with Crippen LogP contribution in [0.25, 0.3) is 0 Å². The smallest absolute Gasteiger partial charge is 0.256 e. The molecule has 16 nitrogen and oxygen atoms in total. The highest BCUT2D eigenvalue weighted by molar-refractivity contribution is 6.76. The molecule has 75 heavy (non-hydrogen) atoms. The number of benzene rings is 2. The zero-order chi connectivity index (χ0) is 55.6. The number of carbonyl (C=O) groups is 4. The summed E-state index contributed by atoms with van der Waals surface area (Å²) in [7, 11) is -4.59. The lowest BCUT2D eigenvalue weighted by molar-refractivity contribution is -0.128. The van der Waals surface area contributed by atoms with Crippen molar-refractivity contribution in [3.05, 3.63) is 47.5 Å². The fourth-order valence-corrected chi connectivity index (χ4v) is 13.5. The Morgan fingerprint density at radius 1 is 0.520 bits per heavy atom. The molecule has 4 unspecified atom stereocenters. The molecule has 2 saturated heterocycles. The minimum absolute atomic E-state index is 0.00585. The van der Waals surface area contributed by atoms with E-state index in [9.17, 15) is 9.59 Å². The van der Waals surface area contributed by atoms with Crippen LogP contribution in [0.2, 0.25) is 87.6 Å². The van der Waals surface area contributed by atoms with Gasteiger partial charge in [0.05, 0.1) is 48.9 Å². The molecule has 0 N–H and O–H groups in total. The second-order valence-corrected chi connectivity index (χ2v) is 47.1. The zero-order valence-electron chi connectivity index (χ0n) is 48.8. The SMILES string of the molecule is COc1ccc2c(c1)C(=O)N1CC(O[Si](C)(C)C(C)(C)C)C(OCCCCCOC3[C@H]4C(=O)N(COCC[Si](C)(C)C)c5ccc(OC)cc5C(=O)N4C[C@H]3O[Si](C)(C)C(C)(C)C)C1C(=O)N2COCC[Si](C)(C)C. The van der Waals surface area contributed by atoms with Crippen LogP contribution in [0, 0.1) is 0 Å². The van der Waals surface area contributed by atoms with Gasteiger partial charge in [-0.25, -0.2) is 0 Å². The van der Waals surface area contributed by atoms with E-state index in [0.717, 1.165) is 12.1 Å². The van der Waals surface area contributed by atoms with E-state index in [1.807, 2.05) is 0 Å². The Morgan fingerprint density at radius 3 is 1.20 bits per heavy atom. The molecule has 2 aromatic carbocycles. The summed E-state index contributed by atoms with van der Waals surface area (Å²) >= 11 is 0. The molecule has 2 fully saturated rings. The first kappa shape index (κ1) is 60.8. The highest BCUT2D eigenvalue weighted by atomic mass is 28.4. The van der Waals surface area contributed by atoms with Gasteiger partial charge in [-0.15, -0.1) is 0 Å². The van der Waals surface area contributed by atoms with Crippen LogP contribution in [-0.4, -0.2) is 170 Å². The van der Waals surface area contributed by atoms with Crippen LogP contribution < -0.4 is 19.3 Å². The van der Waals surface area contributed by atoms with Gasteiger partial charge in [-0.3, -0.25) is 29.0 Å². The normalized spacial score (nSPS) is 22.8. The first-order valence-corrected chi connectivity index (χ1v) is 40.4. The summed E-state index contributed by atoms with van der Waals surface area (Å²) in [5.74, 6) is -0.0774. The lowest BCUT2D eigenvalue weighted by Crippen LogP contribution is -2.53. The Balaban J connectivity index is 1.21. The van der Waals surface area contributed by atoms with Gasteiger partial charge in [0.15, 0.2) is 16.6 Å². The van der Waals surface area contributed by atoms with Gasteiger partial charge in [0.2, 0.25) is 0 Å². The van der Waals surface area contributed by atoms with Crippen molar-refractivity contribution in [2.75, 3.05) is 77.0 Å². The van der Waals surface area contributed by atoms with Gasteiger partial charge in [-0.1, -0.05) is 80.8 Å². The summed E-state index contributed by atoms with van der Waals surface area (Å²) in [4.78, 5) is 66.0. The summed E-state index contributed by atoms with van der Waals surface area (Å²) in [6.45, 7) is 37.5. The minimum Gasteiger partial charge on any atom is -0.497 e. The van der Waals surface area contributed by atoms with Crippen molar-refractivity contribution in [3.63, 3.8) is 0 Å². The van der Waals surface area contributed by atoms with E-state index in [0.29, 0.717) is 79.7 Å². The molecule has 0 bridgehead atoms. The van der Waals surface area contributed by atoms with Gasteiger partial charge in [-0.05, 0) is 104 Å². The number of methoxy groups -OCH3 is 2. The van der Waals surface area contributed by atoms with Crippen molar-refractivity contribution < 1.29 is 56.5 Å². The number of hydrogen-bond acceptors (Lipinski definition) is 12. The molecule has 0 saturated carbocycles. The van der Waals surface area contributed by atoms with Crippen LogP contribution in [0.5, 0.6) is 11.5 Å². The van der Waals surface area contributed by atoms with E-state index < -0.39 is 69.3 Å². The lowest BCUT2D eigenvalue weighted by atomic mass is 10.1. The quantitative estimate of drug-likeness (QED) is 0.0726. The van der Waals surface area contributed by atoms with E-state index in [4.69, 9.17) is 37.3 Å². The van der Waals surface area contributed by atoms with E-state index in [-0.39, 0.29) is 60.3 Å². The van der Waals surface area contributed by atoms with E-state index in [1.54, 1.807) is 70.2 Å². The average Bonchev–Trinajstić information content (AvgIpc) is 3.80. The fourth-order valence-electron chi connectivity index (χ4n) is 9.38. The van der Waals surface area contributed by atoms with E-state index in [1.165, 1.54) is 0 Å². The molecule has 0 spiro atoms. The highest BCUT2D eigenvalue weighted by Gasteiger charge is 2.57. The van der Waals surface area contributed by atoms with Crippen molar-refractivity contribution in [1.29, 1.82) is 0 Å². The van der Waals surface area contributed by atoms with Crippen LogP contribution in [-0.2, 0) is 37.4 Å². The van der Waals surface area contributed by atoms with Crippen molar-refractivity contribution in [3.8, 4) is 11.5 Å². The average molecular weight is 1110 g/mol. The molecular formula is C55H92N4O12Si4. The van der Waals surface area contributed by atoms with Gasteiger partial charge in [0.1, 0.15) is 49.3 Å². The van der Waals surface area contributed by atoms with Crippen LogP contribution >= 0.6 is 0 Å². The third kappa shape index (κ3) is 14.2. The first-order chi connectivity index (χ1) is 34.8. The largest absolute Gasteiger partial charge is 0.497 e. The number of hydrogen-bond donors (Lipinski definition) is 0. The van der Waals surface area contributed by atoms with Gasteiger partial charge < -0.3 is 47.1 Å². The van der Waals surface area contributed by atoms with E-state index in [2.05, 4.69) is 107 Å². The monoisotopic (exact) mass is 1110 g/mol. The van der Waals surface area contributed by atoms with Gasteiger partial charge in [-0.2, -0.15) is 0 Å². The molecule has 6 rings (SSSR count). The predicted octanol–water partition coefficient (Wildman–Crippen LogP) is 10.1. The standard InChI is InChI=1S/C55H92N4O12Si4/c1-54(2,3)74(15,16)70-44-34-56-46(52(62)58(36-66-28-30-72(9,10)11)42-24-22-38(64-7)32-40(42)50(56)60)48(44)68-26-20-19-21-27-69-49-45(71-75(17,18)55(4,5)6)35-57-47(49)53(63)59(37-67-29-31-73(12,13)14)43-25-23-39(65-8)33-41(43)51(57)61/h22-25,32-33,44-49H,19-21,26-31,34-37H2,1-18H3/t44-,45?,46+,47?,48?,49?/m1/s1. The predicted molar refractivity (Wildman–Crippen MR) is 306 cm³/mol. The van der Waals surface area contributed by atoms with E-state index >= 15 is 9.59 Å². The summed E-state index contributed by atoms with van der Waals surface area (Å²) in [5, 5.41) is -0.281. The van der Waals surface area contributed by atoms with Crippen LogP contribution in [0.15, 0.2) is 36.4 Å². The maximum atomic E-state index is 15.1. The molecule has 6 atom stereocenters. The molecule has 0 aromatic heterocycles. The number of unbranched alkanes of at least 4 members (excludes halogenated alkanes) is 2. The molecule has 0 radical (unpaired) electrons. The van der Waals surface area contributed by atoms with Crippen molar-refractivity contribution in [2.45, 2.75) is 185 Å². The Bertz CT molecular complexity index is 2180. The van der Waals surface area contributed by atoms with Gasteiger partial charge >= 0.3 is 0 Å². The third-order valence-electron chi connectivity index (χ3n) is 16.1. The van der Waals surface area contributed by atoms with Gasteiger partial charge in [0.25, 0.3) is 23.6 Å². The number of carbonyl (C=O) groups excluding carboxylic acids is 4. The Morgan fingerprint density at radius 2 is 0.880 bits per heavy atom. The zero-order valence-corrected chi connectivity index (χ0v) is 52.8. The molecule has 20 heteroatoms. The highest BCUT2D eigenvalue weighted by Crippen LogP contribution is 2.44. The number of ether oxygens (including phenoxy) is 6. The molecule has 4 aliphatic rings. The summed E-state index contributed by atoms with van der Waals surface area (Å²) in [6, 6.07) is 10.4. The number of fused-ring (bicyclic) bond motifs is 4. The fraction of sp³-hybridized carbons (Fsp3) is 0.709. The third-order valence-corrected chi connectivity index (χ3v) is 28.6. The molecule has 420 valence electrons. The molecule has 0 aliphatic carbocycles. The number of anilines is 2. The second-order valence-electron chi connectivity index (χ2n) is 26.4. The summed E-state index contributed by atoms with van der Waals surface area (Å²) in [6.07, 6.45) is -0.614. The number of rotatable bonds is 24. The Hall–Kier alpha value is -3.45. The Kier molecular flexibility index (Phi) is 19.3. The Labute approximate surface area is 453 Å². The molecule has 4 amide bonds. The lowest BCUT2D eigenvalue weighted by Gasteiger charge is -2.40. The van der Waals surface area contributed by atoms with Crippen molar-refractivity contribution >= 4 is 67.8 Å². The van der Waals surface area contributed by atoms with Gasteiger partial charge in [0, 0.05) is 55.7 Å². The number of amides is 4. The maximum Gasteiger partial charge on any atom is 0.256 e. The summed E-state index contributed by atoms with van der Waals surface area (Å²) < 4.78 is 51.4. The topological polar surface area (TPSA) is 155 Å². The molecular weight excluding hydrogens is 1020 g/mol. The number of nitrogens with zero attached hydrogens (tertiary/aromatic N) is 4. The molecule has 2 aromatic rings. The van der Waals surface area contributed by atoms with Crippen LogP contribution in [0.1, 0.15) is 81.5 Å². The minimum atomic E-state index is -2.43. The molecule has 4 aliphatic heterocycles. The second kappa shape index (κ2) is 23.9. The maximum absolute atomic E-state index is 15.1. The first-order valence-electron chi connectivity index (χ1n) is 27.2. The summed E-state index contributed by atoms with van der Waals surface area (Å²) in [5.41, 5.74) is 1.70. The van der Waals surface area contributed by atoms with Crippen LogP contribution in [0.3, 0.4) is 0 Å².